The van der Waals surface area contributed by atoms with Crippen molar-refractivity contribution in [3.05, 3.63) is 133 Å². The van der Waals surface area contributed by atoms with E-state index in [1.807, 2.05) is 24.1 Å². The maximum absolute atomic E-state index is 13.4. The molecule has 3 atom stereocenters. The SMILES string of the molecule is COC=C(C)C(C)(Sc1ccccc1)C1CC(=O)CCCC1O[Si](c1ccccc1)(c1ccccc1)c1ccccc1. The molecule has 216 valence electrons. The van der Waals surface area contributed by atoms with Gasteiger partial charge in [0.2, 0.25) is 0 Å². The van der Waals surface area contributed by atoms with Gasteiger partial charge in [0.05, 0.1) is 19.5 Å². The maximum Gasteiger partial charge on any atom is 0.288 e. The van der Waals surface area contributed by atoms with Gasteiger partial charge in [-0.2, -0.15) is 0 Å². The number of carbonyl (C=O) groups excluding carboxylic acids is 1. The number of hydrogen-bond acceptors (Lipinski definition) is 4. The van der Waals surface area contributed by atoms with Crippen LogP contribution >= 0.6 is 11.8 Å². The van der Waals surface area contributed by atoms with Crippen LogP contribution in [-0.4, -0.2) is 32.1 Å². The smallest absolute Gasteiger partial charge is 0.288 e. The van der Waals surface area contributed by atoms with Crippen molar-refractivity contribution in [1.82, 2.24) is 0 Å². The van der Waals surface area contributed by atoms with Crippen LogP contribution in [0.25, 0.3) is 0 Å². The lowest BCUT2D eigenvalue weighted by molar-refractivity contribution is -0.120. The highest BCUT2D eigenvalue weighted by molar-refractivity contribution is 8.00. The van der Waals surface area contributed by atoms with Crippen molar-refractivity contribution in [2.45, 2.75) is 55.3 Å². The third-order valence-corrected chi connectivity index (χ3v) is 14.2. The summed E-state index contributed by atoms with van der Waals surface area (Å²) in [5.74, 6) is 0.245. The van der Waals surface area contributed by atoms with E-state index in [0.717, 1.165) is 23.3 Å². The van der Waals surface area contributed by atoms with E-state index in [0.29, 0.717) is 18.6 Å². The predicted molar refractivity (Wildman–Crippen MR) is 177 cm³/mol. The largest absolute Gasteiger partial charge is 0.504 e. The summed E-state index contributed by atoms with van der Waals surface area (Å²) >= 11 is 1.81. The molecule has 1 fully saturated rings. The second-order valence-corrected chi connectivity index (χ2v) is 16.1. The van der Waals surface area contributed by atoms with Gasteiger partial charge >= 0.3 is 0 Å². The zero-order chi connectivity index (χ0) is 29.4. The Kier molecular flexibility index (Phi) is 9.83. The lowest BCUT2D eigenvalue weighted by Crippen LogP contribution is -2.71. The maximum atomic E-state index is 13.4. The molecule has 42 heavy (non-hydrogen) atoms. The van der Waals surface area contributed by atoms with Gasteiger partial charge in [-0.3, -0.25) is 4.79 Å². The molecule has 0 N–H and O–H groups in total. The highest BCUT2D eigenvalue weighted by Gasteiger charge is 2.50. The molecule has 0 radical (unpaired) electrons. The monoisotopic (exact) mass is 592 g/mol. The quantitative estimate of drug-likeness (QED) is 0.0660. The normalized spacial score (nSPS) is 19.5. The summed E-state index contributed by atoms with van der Waals surface area (Å²) < 4.78 is 12.9. The molecule has 4 aromatic carbocycles. The van der Waals surface area contributed by atoms with Crippen molar-refractivity contribution in [2.75, 3.05) is 7.11 Å². The number of thioether (sulfide) groups is 1. The molecule has 0 saturated heterocycles. The second kappa shape index (κ2) is 13.7. The minimum absolute atomic E-state index is 0.0629. The first-order chi connectivity index (χ1) is 20.5. The fraction of sp³-hybridized carbons (Fsp3) is 0.270. The molecule has 0 aromatic heterocycles. The first kappa shape index (κ1) is 30.1. The molecule has 0 bridgehead atoms. The fourth-order valence-corrected chi connectivity index (χ4v) is 11.8. The van der Waals surface area contributed by atoms with E-state index in [4.69, 9.17) is 9.16 Å². The Bertz CT molecular complexity index is 1360. The Morgan fingerprint density at radius 3 is 1.76 bits per heavy atom. The minimum atomic E-state index is -2.99. The summed E-state index contributed by atoms with van der Waals surface area (Å²) in [5.41, 5.74) is 1.10. The van der Waals surface area contributed by atoms with Crippen LogP contribution in [0.15, 0.2) is 138 Å². The Hall–Kier alpha value is -3.38. The van der Waals surface area contributed by atoms with Crippen molar-refractivity contribution in [2.24, 2.45) is 5.92 Å². The minimum Gasteiger partial charge on any atom is -0.504 e. The van der Waals surface area contributed by atoms with Crippen LogP contribution < -0.4 is 15.6 Å². The first-order valence-corrected chi connectivity index (χ1v) is 17.5. The zero-order valence-electron chi connectivity index (χ0n) is 24.7. The molecule has 3 unspecified atom stereocenters. The molecule has 3 nitrogen and oxygen atoms in total. The molecular formula is C37H40O3SSi. The Morgan fingerprint density at radius 2 is 1.29 bits per heavy atom. The van der Waals surface area contributed by atoms with Crippen molar-refractivity contribution < 1.29 is 14.0 Å². The van der Waals surface area contributed by atoms with E-state index in [1.165, 1.54) is 15.6 Å². The Morgan fingerprint density at radius 1 is 0.810 bits per heavy atom. The van der Waals surface area contributed by atoms with E-state index in [9.17, 15) is 4.79 Å². The zero-order valence-corrected chi connectivity index (χ0v) is 26.6. The molecule has 0 spiro atoms. The van der Waals surface area contributed by atoms with Crippen LogP contribution in [0.2, 0.25) is 0 Å². The fourth-order valence-electron chi connectivity index (χ4n) is 6.30. The average molecular weight is 593 g/mol. The highest BCUT2D eigenvalue weighted by Crippen LogP contribution is 2.49. The van der Waals surface area contributed by atoms with E-state index < -0.39 is 13.1 Å². The molecule has 1 saturated carbocycles. The third kappa shape index (κ3) is 6.34. The number of benzene rings is 4. The van der Waals surface area contributed by atoms with E-state index in [-0.39, 0.29) is 12.0 Å². The third-order valence-electron chi connectivity index (χ3n) is 8.57. The summed E-state index contributed by atoms with van der Waals surface area (Å²) in [5, 5.41) is 3.62. The number of ketones is 1. The molecule has 0 aliphatic heterocycles. The molecule has 5 heteroatoms. The van der Waals surface area contributed by atoms with Gasteiger partial charge in [-0.1, -0.05) is 109 Å². The number of carbonyl (C=O) groups is 1. The summed E-state index contributed by atoms with van der Waals surface area (Å²) in [7, 11) is -1.30. The van der Waals surface area contributed by atoms with Gasteiger partial charge < -0.3 is 9.16 Å². The number of hydrogen-bond donors (Lipinski definition) is 0. The number of methoxy groups -OCH3 is 1. The molecular weight excluding hydrogens is 553 g/mol. The van der Waals surface area contributed by atoms with Gasteiger partial charge in [-0.15, -0.1) is 11.8 Å². The van der Waals surface area contributed by atoms with Gasteiger partial charge in [0.25, 0.3) is 8.32 Å². The Labute approximate surface area is 256 Å². The molecule has 5 rings (SSSR count). The van der Waals surface area contributed by atoms with Crippen molar-refractivity contribution in [1.29, 1.82) is 0 Å². The van der Waals surface area contributed by atoms with Gasteiger partial charge in [-0.25, -0.2) is 0 Å². The summed E-state index contributed by atoms with van der Waals surface area (Å²) in [4.78, 5) is 14.6. The molecule has 0 heterocycles. The summed E-state index contributed by atoms with van der Waals surface area (Å²) in [6, 6.07) is 42.7. The summed E-state index contributed by atoms with van der Waals surface area (Å²) in [6.45, 7) is 4.40. The molecule has 1 aliphatic carbocycles. The van der Waals surface area contributed by atoms with Gasteiger partial charge in [0, 0.05) is 28.4 Å². The van der Waals surface area contributed by atoms with Crippen LogP contribution in [0, 0.1) is 5.92 Å². The molecule has 0 amide bonds. The molecule has 4 aromatic rings. The van der Waals surface area contributed by atoms with Gasteiger partial charge in [-0.05, 0) is 60.0 Å². The Balaban J connectivity index is 1.71. The van der Waals surface area contributed by atoms with E-state index in [2.05, 4.69) is 129 Å². The van der Waals surface area contributed by atoms with Gasteiger partial charge in [0.1, 0.15) is 5.78 Å². The number of rotatable bonds is 10. The van der Waals surface area contributed by atoms with Crippen molar-refractivity contribution >= 4 is 41.4 Å². The van der Waals surface area contributed by atoms with Crippen LogP contribution in [0.1, 0.15) is 39.5 Å². The lowest BCUT2D eigenvalue weighted by Gasteiger charge is -2.45. The van der Waals surface area contributed by atoms with Crippen molar-refractivity contribution in [3.63, 3.8) is 0 Å². The number of Topliss-reactive ketones (excluding diaryl/α,β-unsaturated/α-hetero) is 1. The highest BCUT2D eigenvalue weighted by atomic mass is 32.2. The average Bonchev–Trinajstić information content (AvgIpc) is 3.22. The topological polar surface area (TPSA) is 35.5 Å². The molecule has 1 aliphatic rings. The number of ether oxygens (including phenoxy) is 1. The van der Waals surface area contributed by atoms with Crippen LogP contribution in [0.4, 0.5) is 0 Å². The van der Waals surface area contributed by atoms with Crippen LogP contribution in [0.5, 0.6) is 0 Å². The standard InChI is InChI=1S/C37H40O3SSi/c1-29(28-39-3)37(2,41-31-18-8-4-9-19-31)35-27-30(38)17-16-26-36(35)40-42(32-20-10-5-11-21-32,33-22-12-6-13-23-33)34-24-14-7-15-25-34/h4-15,18-25,28,35-36H,16-17,26-27H2,1-3H3. The van der Waals surface area contributed by atoms with E-state index >= 15 is 0 Å². The van der Waals surface area contributed by atoms with E-state index in [1.54, 1.807) is 7.11 Å². The summed E-state index contributed by atoms with van der Waals surface area (Å²) in [6.07, 6.45) is 4.40. The van der Waals surface area contributed by atoms with Gasteiger partial charge in [0.15, 0.2) is 0 Å². The lowest BCUT2D eigenvalue weighted by atomic mass is 9.80. The van der Waals surface area contributed by atoms with Crippen molar-refractivity contribution in [3.8, 4) is 0 Å². The van der Waals surface area contributed by atoms with Crippen LogP contribution in [-0.2, 0) is 14.0 Å². The second-order valence-electron chi connectivity index (χ2n) is 11.2. The van der Waals surface area contributed by atoms with Crippen LogP contribution in [0.3, 0.4) is 0 Å². The predicted octanol–water partition coefficient (Wildman–Crippen LogP) is 6.90. The first-order valence-electron chi connectivity index (χ1n) is 14.8.